The number of fused-ring (bicyclic) bond motifs is 1. The highest BCUT2D eigenvalue weighted by molar-refractivity contribution is 7.71. The van der Waals surface area contributed by atoms with Crippen molar-refractivity contribution >= 4 is 24.0 Å². The summed E-state index contributed by atoms with van der Waals surface area (Å²) in [5.74, 6) is -0.464. The number of rotatable bonds is 2. The molecule has 0 N–H and O–H groups in total. The molecule has 1 atom stereocenters. The Labute approximate surface area is 174 Å². The Bertz CT molecular complexity index is 1070. The zero-order valence-electron chi connectivity index (χ0n) is 17.2. The van der Waals surface area contributed by atoms with Gasteiger partial charge in [0.15, 0.2) is 5.79 Å². The predicted octanol–water partition coefficient (Wildman–Crippen LogP) is 6.44. The van der Waals surface area contributed by atoms with Crippen LogP contribution in [0.3, 0.4) is 0 Å². The van der Waals surface area contributed by atoms with E-state index >= 15 is 0 Å². The summed E-state index contributed by atoms with van der Waals surface area (Å²) in [6.45, 7) is 10.6. The van der Waals surface area contributed by atoms with Crippen molar-refractivity contribution in [3.05, 3.63) is 78.6 Å². The summed E-state index contributed by atoms with van der Waals surface area (Å²) in [4.78, 5) is 0. The number of ether oxygens (including phenoxy) is 2. The zero-order valence-corrected chi connectivity index (χ0v) is 18.0. The van der Waals surface area contributed by atoms with E-state index in [-0.39, 0.29) is 5.16 Å². The van der Waals surface area contributed by atoms with E-state index in [1.807, 2.05) is 0 Å². The fraction of sp³-hybridized carbons (Fsp3) is 0.308. The van der Waals surface area contributed by atoms with Crippen LogP contribution in [0.5, 0.6) is 0 Å². The third kappa shape index (κ3) is 3.24. The molecule has 2 fully saturated rings. The van der Waals surface area contributed by atoms with Crippen LogP contribution in [0.4, 0.5) is 0 Å². The second kappa shape index (κ2) is 7.06. The van der Waals surface area contributed by atoms with Gasteiger partial charge in [-0.1, -0.05) is 87.2 Å². The van der Waals surface area contributed by atoms with Gasteiger partial charge < -0.3 is 9.47 Å². The van der Waals surface area contributed by atoms with Gasteiger partial charge in [-0.3, -0.25) is 0 Å². The number of hydrogen-bond acceptors (Lipinski definition) is 2. The molecule has 0 bridgehead atoms. The molecule has 0 saturated carbocycles. The van der Waals surface area contributed by atoms with Crippen LogP contribution in [0.25, 0.3) is 21.9 Å². The quantitative estimate of drug-likeness (QED) is 0.459. The third-order valence-electron chi connectivity index (χ3n) is 6.14. The van der Waals surface area contributed by atoms with Crippen molar-refractivity contribution < 1.29 is 9.47 Å². The monoisotopic (exact) mass is 402 g/mol. The van der Waals surface area contributed by atoms with Crippen molar-refractivity contribution in [2.24, 2.45) is 0 Å². The van der Waals surface area contributed by atoms with Crippen LogP contribution in [0.1, 0.15) is 26.7 Å². The topological polar surface area (TPSA) is 18.5 Å². The minimum absolute atomic E-state index is 0.0513. The summed E-state index contributed by atoms with van der Waals surface area (Å²) in [5.41, 5.74) is 2.63. The molecule has 2 saturated heterocycles. The van der Waals surface area contributed by atoms with Gasteiger partial charge >= 0.3 is 0 Å². The van der Waals surface area contributed by atoms with Crippen LogP contribution in [0.2, 0.25) is 0 Å². The van der Waals surface area contributed by atoms with Gasteiger partial charge in [0.25, 0.3) is 0 Å². The summed E-state index contributed by atoms with van der Waals surface area (Å²) in [6, 6.07) is 24.2. The van der Waals surface area contributed by atoms with Crippen molar-refractivity contribution in [2.45, 2.75) is 37.6 Å². The first-order valence-corrected chi connectivity index (χ1v) is 11.7. The first kappa shape index (κ1) is 19.0. The standard InChI is InChI=1S/C26H27O2P/c1-19-17-26(27-15-16-28-26)18-25(2,3)29(19)24-14-7-6-12-23(24)22-13-8-10-20-9-4-5-11-21(20)22/h4-14H,1,15-18H2,2-3H3. The number of hydrogen-bond donors (Lipinski definition) is 0. The molecular weight excluding hydrogens is 375 g/mol. The maximum Gasteiger partial charge on any atom is 0.173 e. The van der Waals surface area contributed by atoms with Crippen molar-refractivity contribution in [1.82, 2.24) is 0 Å². The summed E-state index contributed by atoms with van der Waals surface area (Å²) in [5, 5.41) is 5.32. The van der Waals surface area contributed by atoms with Crippen molar-refractivity contribution in [2.75, 3.05) is 13.2 Å². The van der Waals surface area contributed by atoms with Gasteiger partial charge in [-0.15, -0.1) is 0 Å². The van der Waals surface area contributed by atoms with E-state index < -0.39 is 13.7 Å². The van der Waals surface area contributed by atoms with Crippen LogP contribution in [0, 0.1) is 0 Å². The van der Waals surface area contributed by atoms with E-state index in [2.05, 4.69) is 87.2 Å². The lowest BCUT2D eigenvalue weighted by atomic mass is 9.97. The molecule has 2 heterocycles. The molecule has 0 amide bonds. The normalized spacial score (nSPS) is 23.0. The van der Waals surface area contributed by atoms with E-state index in [1.54, 1.807) is 0 Å². The van der Waals surface area contributed by atoms with Crippen LogP contribution in [-0.4, -0.2) is 24.2 Å². The van der Waals surface area contributed by atoms with Gasteiger partial charge in [0.2, 0.25) is 0 Å². The highest BCUT2D eigenvalue weighted by atomic mass is 31.1. The Morgan fingerprint density at radius 1 is 0.828 bits per heavy atom. The fourth-order valence-electron chi connectivity index (χ4n) is 5.17. The smallest absolute Gasteiger partial charge is 0.173 e. The van der Waals surface area contributed by atoms with Crippen LogP contribution in [-0.2, 0) is 9.47 Å². The number of benzene rings is 3. The molecule has 3 aromatic carbocycles. The highest BCUT2D eigenvalue weighted by Gasteiger charge is 2.51. The van der Waals surface area contributed by atoms with Crippen molar-refractivity contribution in [1.29, 1.82) is 0 Å². The molecule has 148 valence electrons. The van der Waals surface area contributed by atoms with Gasteiger partial charge in [-0.25, -0.2) is 0 Å². The summed E-state index contributed by atoms with van der Waals surface area (Å²) in [6.07, 6.45) is 1.71. The molecule has 2 aliphatic heterocycles. The Kier molecular flexibility index (Phi) is 4.62. The Balaban J connectivity index is 1.64. The van der Waals surface area contributed by atoms with Gasteiger partial charge in [-0.05, 0) is 45.6 Å². The maximum absolute atomic E-state index is 6.07. The molecule has 1 unspecified atom stereocenters. The van der Waals surface area contributed by atoms with E-state index in [4.69, 9.17) is 9.47 Å². The minimum Gasteiger partial charge on any atom is -0.347 e. The maximum atomic E-state index is 6.07. The lowest BCUT2D eigenvalue weighted by molar-refractivity contribution is -0.165. The van der Waals surface area contributed by atoms with Gasteiger partial charge in [0.05, 0.1) is 13.2 Å². The molecule has 0 aliphatic carbocycles. The molecule has 2 aliphatic rings. The van der Waals surface area contributed by atoms with Gasteiger partial charge in [0.1, 0.15) is 0 Å². The summed E-state index contributed by atoms with van der Waals surface area (Å²) >= 11 is 0. The van der Waals surface area contributed by atoms with Crippen molar-refractivity contribution in [3.63, 3.8) is 0 Å². The highest BCUT2D eigenvalue weighted by Crippen LogP contribution is 2.65. The molecule has 0 aromatic heterocycles. The first-order chi connectivity index (χ1) is 14.0. The SMILES string of the molecule is C=C1CC2(CC(C)(C)P1c1ccccc1-c1cccc3ccccc13)OCCO2. The molecule has 1 spiro atoms. The van der Waals surface area contributed by atoms with Crippen LogP contribution < -0.4 is 5.30 Å². The molecule has 3 aromatic rings. The van der Waals surface area contributed by atoms with Crippen LogP contribution in [0.15, 0.2) is 78.6 Å². The minimum atomic E-state index is -0.568. The second-order valence-electron chi connectivity index (χ2n) is 8.72. The van der Waals surface area contributed by atoms with E-state index in [1.165, 1.54) is 32.5 Å². The largest absolute Gasteiger partial charge is 0.347 e. The third-order valence-corrected chi connectivity index (χ3v) is 9.17. The molecule has 29 heavy (non-hydrogen) atoms. The van der Waals surface area contributed by atoms with Crippen LogP contribution >= 0.6 is 7.92 Å². The predicted molar refractivity (Wildman–Crippen MR) is 123 cm³/mol. The molecule has 2 nitrogen and oxygen atoms in total. The summed E-state index contributed by atoms with van der Waals surface area (Å²) in [7, 11) is -0.568. The summed E-state index contributed by atoms with van der Waals surface area (Å²) < 4.78 is 12.1. The van der Waals surface area contributed by atoms with E-state index in [9.17, 15) is 0 Å². The average Bonchev–Trinajstić information content (AvgIpc) is 3.13. The van der Waals surface area contributed by atoms with E-state index in [0.717, 1.165) is 12.8 Å². The Morgan fingerprint density at radius 2 is 1.48 bits per heavy atom. The average molecular weight is 402 g/mol. The van der Waals surface area contributed by atoms with Crippen molar-refractivity contribution in [3.8, 4) is 11.1 Å². The lowest BCUT2D eigenvalue weighted by Gasteiger charge is -2.48. The van der Waals surface area contributed by atoms with Gasteiger partial charge in [0, 0.05) is 12.8 Å². The molecule has 3 heteroatoms. The van der Waals surface area contributed by atoms with E-state index in [0.29, 0.717) is 13.2 Å². The molecular formula is C26H27O2P. The zero-order chi connectivity index (χ0) is 20.1. The molecule has 0 radical (unpaired) electrons. The lowest BCUT2D eigenvalue weighted by Crippen LogP contribution is -2.44. The molecule has 5 rings (SSSR count). The fourth-order valence-corrected chi connectivity index (χ4v) is 8.49. The first-order valence-electron chi connectivity index (χ1n) is 10.3. The Morgan fingerprint density at radius 3 is 2.28 bits per heavy atom. The Hall–Kier alpha value is -1.99. The van der Waals surface area contributed by atoms with Gasteiger partial charge in [-0.2, -0.15) is 0 Å². The second-order valence-corrected chi connectivity index (χ2v) is 11.7.